The number of nitrogens with zero attached hydrogens (tertiary/aromatic N) is 3. The van der Waals surface area contributed by atoms with E-state index in [-0.39, 0.29) is 17.6 Å². The Morgan fingerprint density at radius 2 is 2.19 bits per heavy atom. The molecule has 0 unspecified atom stereocenters. The van der Waals surface area contributed by atoms with Crippen LogP contribution in [0.25, 0.3) is 0 Å². The van der Waals surface area contributed by atoms with Crippen LogP contribution in [0.2, 0.25) is 0 Å². The highest BCUT2D eigenvalue weighted by atomic mass is 19.1. The van der Waals surface area contributed by atoms with Gasteiger partial charge in [-0.25, -0.2) is 9.18 Å². The van der Waals surface area contributed by atoms with Crippen LogP contribution in [0.4, 0.5) is 14.9 Å². The second kappa shape index (κ2) is 7.03. The number of nitrogens with one attached hydrogen (secondary N) is 2. The number of carbonyl (C=O) groups excluding carboxylic acids is 1. The molecule has 1 saturated carbocycles. The highest BCUT2D eigenvalue weighted by Crippen LogP contribution is 2.37. The van der Waals surface area contributed by atoms with Gasteiger partial charge in [0.05, 0.1) is 17.8 Å². The molecule has 0 bridgehead atoms. The van der Waals surface area contributed by atoms with Gasteiger partial charge >= 0.3 is 6.03 Å². The molecule has 0 spiro atoms. The molecule has 2 amide bonds. The van der Waals surface area contributed by atoms with Crippen LogP contribution < -0.4 is 5.32 Å². The van der Waals surface area contributed by atoms with E-state index in [2.05, 4.69) is 15.5 Å². The average Bonchev–Trinajstić information content (AvgIpc) is 3.31. The van der Waals surface area contributed by atoms with E-state index in [9.17, 15) is 9.18 Å². The summed E-state index contributed by atoms with van der Waals surface area (Å²) in [6, 6.07) is 5.58. The minimum Gasteiger partial charge on any atom is -0.317 e. The van der Waals surface area contributed by atoms with Gasteiger partial charge in [-0.2, -0.15) is 10.4 Å². The number of urea groups is 1. The van der Waals surface area contributed by atoms with Gasteiger partial charge in [-0.3, -0.25) is 5.10 Å². The lowest BCUT2D eigenvalue weighted by Gasteiger charge is -2.33. The SMILES string of the molecule is C[C@@H]1Cc2[nH]nc(C3CCCC3)c2CN1C(=O)Nc1ccc(F)c(C#N)c1. The fourth-order valence-electron chi connectivity index (χ4n) is 4.19. The third-order valence-electron chi connectivity index (χ3n) is 5.69. The standard InChI is InChI=1S/C20H22FN5O/c1-12-8-18-16(19(25-24-18)13-4-2-3-5-13)11-26(12)20(27)23-15-6-7-17(21)14(9-15)10-22/h6-7,9,12-13H,2-5,8,11H2,1H3,(H,23,27)(H,24,25)/t12-/m1/s1. The van der Waals surface area contributed by atoms with Crippen molar-refractivity contribution in [3.8, 4) is 6.07 Å². The van der Waals surface area contributed by atoms with Gasteiger partial charge in [0.1, 0.15) is 11.9 Å². The van der Waals surface area contributed by atoms with E-state index in [0.29, 0.717) is 18.2 Å². The molecule has 1 aromatic heterocycles. The third-order valence-corrected chi connectivity index (χ3v) is 5.69. The number of nitriles is 1. The van der Waals surface area contributed by atoms with Crippen molar-refractivity contribution in [2.75, 3.05) is 5.32 Å². The first-order valence-corrected chi connectivity index (χ1v) is 9.40. The topological polar surface area (TPSA) is 84.8 Å². The van der Waals surface area contributed by atoms with Crippen LogP contribution in [0, 0.1) is 17.1 Å². The molecule has 0 radical (unpaired) electrons. The minimum absolute atomic E-state index is 0.0188. The van der Waals surface area contributed by atoms with E-state index < -0.39 is 5.82 Å². The Bertz CT molecular complexity index is 910. The Labute approximate surface area is 157 Å². The number of benzene rings is 1. The predicted octanol–water partition coefficient (Wildman–Crippen LogP) is 4.06. The van der Waals surface area contributed by atoms with Crippen LogP contribution in [0.15, 0.2) is 18.2 Å². The van der Waals surface area contributed by atoms with Crippen molar-refractivity contribution < 1.29 is 9.18 Å². The number of hydrogen-bond donors (Lipinski definition) is 2. The number of rotatable bonds is 2. The summed E-state index contributed by atoms with van der Waals surface area (Å²) < 4.78 is 13.5. The molecule has 2 aliphatic rings. The minimum atomic E-state index is -0.592. The normalized spacial score (nSPS) is 19.6. The predicted molar refractivity (Wildman–Crippen MR) is 98.6 cm³/mol. The molecule has 2 aromatic rings. The molecular formula is C20H22FN5O. The molecule has 1 aliphatic carbocycles. The van der Waals surface area contributed by atoms with E-state index in [1.54, 1.807) is 11.0 Å². The Hall–Kier alpha value is -2.88. The number of carbonyl (C=O) groups is 1. The molecule has 0 saturated heterocycles. The second-order valence-corrected chi connectivity index (χ2v) is 7.46. The van der Waals surface area contributed by atoms with Crippen LogP contribution in [0.3, 0.4) is 0 Å². The fraction of sp³-hybridized carbons (Fsp3) is 0.450. The first kappa shape index (κ1) is 17.5. The van der Waals surface area contributed by atoms with Crippen LogP contribution in [-0.4, -0.2) is 27.2 Å². The van der Waals surface area contributed by atoms with Gasteiger partial charge in [0, 0.05) is 35.3 Å². The van der Waals surface area contributed by atoms with Gasteiger partial charge in [0.15, 0.2) is 0 Å². The van der Waals surface area contributed by atoms with Crippen molar-refractivity contribution in [2.45, 2.75) is 57.5 Å². The smallest absolute Gasteiger partial charge is 0.317 e. The number of amides is 2. The molecule has 1 atom stereocenters. The van der Waals surface area contributed by atoms with Gasteiger partial charge in [-0.1, -0.05) is 12.8 Å². The van der Waals surface area contributed by atoms with Crippen molar-refractivity contribution in [1.29, 1.82) is 5.26 Å². The van der Waals surface area contributed by atoms with Crippen molar-refractivity contribution in [3.63, 3.8) is 0 Å². The van der Waals surface area contributed by atoms with Gasteiger partial charge in [-0.15, -0.1) is 0 Å². The number of fused-ring (bicyclic) bond motifs is 1. The lowest BCUT2D eigenvalue weighted by molar-refractivity contribution is 0.181. The summed E-state index contributed by atoms with van der Waals surface area (Å²) in [6.45, 7) is 2.51. The summed E-state index contributed by atoms with van der Waals surface area (Å²) in [5.41, 5.74) is 3.72. The second-order valence-electron chi connectivity index (χ2n) is 7.46. The van der Waals surface area contributed by atoms with Crippen molar-refractivity contribution in [3.05, 3.63) is 46.5 Å². The number of halogens is 1. The number of aromatic nitrogens is 2. The number of anilines is 1. The Morgan fingerprint density at radius 3 is 2.93 bits per heavy atom. The quantitative estimate of drug-likeness (QED) is 0.839. The van der Waals surface area contributed by atoms with E-state index in [1.165, 1.54) is 31.0 Å². The Kier molecular flexibility index (Phi) is 4.56. The van der Waals surface area contributed by atoms with Gasteiger partial charge in [0.2, 0.25) is 0 Å². The molecule has 2 N–H and O–H groups in total. The summed E-state index contributed by atoms with van der Waals surface area (Å²) in [5.74, 6) is -0.107. The summed E-state index contributed by atoms with van der Waals surface area (Å²) >= 11 is 0. The monoisotopic (exact) mass is 367 g/mol. The molecule has 4 rings (SSSR count). The number of H-pyrrole nitrogens is 1. The zero-order valence-electron chi connectivity index (χ0n) is 15.3. The highest BCUT2D eigenvalue weighted by Gasteiger charge is 2.33. The van der Waals surface area contributed by atoms with Crippen LogP contribution in [-0.2, 0) is 13.0 Å². The molecule has 7 heteroatoms. The summed E-state index contributed by atoms with van der Waals surface area (Å²) in [5, 5.41) is 19.5. The van der Waals surface area contributed by atoms with Crippen LogP contribution in [0.5, 0.6) is 0 Å². The van der Waals surface area contributed by atoms with E-state index in [4.69, 9.17) is 5.26 Å². The van der Waals surface area contributed by atoms with E-state index in [1.807, 2.05) is 6.92 Å². The Balaban J connectivity index is 1.53. The maximum Gasteiger partial charge on any atom is 0.322 e. The maximum atomic E-state index is 13.5. The van der Waals surface area contributed by atoms with Gasteiger partial charge in [0.25, 0.3) is 0 Å². The lowest BCUT2D eigenvalue weighted by Crippen LogP contribution is -2.45. The molecule has 1 aromatic carbocycles. The van der Waals surface area contributed by atoms with Crippen molar-refractivity contribution >= 4 is 11.7 Å². The fourth-order valence-corrected chi connectivity index (χ4v) is 4.19. The molecule has 1 fully saturated rings. The summed E-state index contributed by atoms with van der Waals surface area (Å²) in [4.78, 5) is 14.6. The zero-order chi connectivity index (χ0) is 19.0. The highest BCUT2D eigenvalue weighted by molar-refractivity contribution is 5.90. The molecule has 140 valence electrons. The van der Waals surface area contributed by atoms with Crippen LogP contribution >= 0.6 is 0 Å². The molecule has 1 aliphatic heterocycles. The maximum absolute atomic E-state index is 13.5. The molecule has 6 nitrogen and oxygen atoms in total. The number of aromatic amines is 1. The molecule has 2 heterocycles. The van der Waals surface area contributed by atoms with Crippen molar-refractivity contribution in [1.82, 2.24) is 15.1 Å². The molecule has 27 heavy (non-hydrogen) atoms. The molecular weight excluding hydrogens is 345 g/mol. The summed E-state index contributed by atoms with van der Waals surface area (Å²) in [6.07, 6.45) is 5.52. The zero-order valence-corrected chi connectivity index (χ0v) is 15.3. The summed E-state index contributed by atoms with van der Waals surface area (Å²) in [7, 11) is 0. The average molecular weight is 367 g/mol. The van der Waals surface area contributed by atoms with Crippen molar-refractivity contribution in [2.24, 2.45) is 0 Å². The van der Waals surface area contributed by atoms with E-state index in [0.717, 1.165) is 36.2 Å². The number of hydrogen-bond acceptors (Lipinski definition) is 3. The first-order chi connectivity index (χ1) is 13.1. The Morgan fingerprint density at radius 1 is 1.41 bits per heavy atom. The largest absolute Gasteiger partial charge is 0.322 e. The first-order valence-electron chi connectivity index (χ1n) is 9.40. The lowest BCUT2D eigenvalue weighted by atomic mass is 9.93. The van der Waals surface area contributed by atoms with Crippen LogP contribution in [0.1, 0.15) is 61.0 Å². The van der Waals surface area contributed by atoms with E-state index >= 15 is 0 Å². The van der Waals surface area contributed by atoms with Gasteiger partial charge in [-0.05, 0) is 38.0 Å². The van der Waals surface area contributed by atoms with Gasteiger partial charge < -0.3 is 10.2 Å². The third kappa shape index (κ3) is 3.27.